The summed E-state index contributed by atoms with van der Waals surface area (Å²) in [6.45, 7) is 2.37. The third-order valence-electron chi connectivity index (χ3n) is 3.50. The summed E-state index contributed by atoms with van der Waals surface area (Å²) in [5, 5.41) is 3.56. The number of carbonyl (C=O) groups is 1. The molecule has 0 saturated carbocycles. The molecule has 3 nitrogen and oxygen atoms in total. The van der Waals surface area contributed by atoms with Gasteiger partial charge in [-0.05, 0) is 36.2 Å². The highest BCUT2D eigenvalue weighted by molar-refractivity contribution is 7.98. The minimum atomic E-state index is -0.696. The molecule has 2 rings (SSSR count). The average Bonchev–Trinajstić information content (AvgIpc) is 2.62. The van der Waals surface area contributed by atoms with Gasteiger partial charge < -0.3 is 10.1 Å². The van der Waals surface area contributed by atoms with Crippen LogP contribution < -0.4 is 10.1 Å². The Kier molecular flexibility index (Phi) is 8.09. The Hall–Kier alpha value is -1.72. The summed E-state index contributed by atoms with van der Waals surface area (Å²) in [5.41, 5.74) is 1.19. The van der Waals surface area contributed by atoms with E-state index in [1.54, 1.807) is 23.9 Å². The van der Waals surface area contributed by atoms with E-state index in [4.69, 9.17) is 16.3 Å². The number of rotatable bonds is 9. The predicted molar refractivity (Wildman–Crippen MR) is 102 cm³/mol. The second-order valence-corrected chi connectivity index (χ2v) is 6.96. The van der Waals surface area contributed by atoms with Crippen molar-refractivity contribution in [2.75, 3.05) is 12.3 Å². The van der Waals surface area contributed by atoms with Crippen LogP contribution in [0.5, 0.6) is 5.75 Å². The summed E-state index contributed by atoms with van der Waals surface area (Å²) in [6.07, 6.45) is -0.226. The Morgan fingerprint density at radius 3 is 2.64 bits per heavy atom. The monoisotopic (exact) mass is 381 g/mol. The van der Waals surface area contributed by atoms with Gasteiger partial charge >= 0.3 is 0 Å². The number of hydrogen-bond acceptors (Lipinski definition) is 3. The molecular formula is C19H21ClFNO2S. The van der Waals surface area contributed by atoms with Gasteiger partial charge in [0.2, 0.25) is 0 Å². The largest absolute Gasteiger partial charge is 0.478 e. The van der Waals surface area contributed by atoms with Gasteiger partial charge in [0.1, 0.15) is 0 Å². The summed E-state index contributed by atoms with van der Waals surface area (Å²) in [4.78, 5) is 12.2. The molecule has 0 aliphatic heterocycles. The minimum absolute atomic E-state index is 0.0987. The Labute approximate surface area is 156 Å². The molecule has 0 saturated heterocycles. The quantitative estimate of drug-likeness (QED) is 0.640. The minimum Gasteiger partial charge on any atom is -0.478 e. The highest BCUT2D eigenvalue weighted by atomic mass is 35.5. The van der Waals surface area contributed by atoms with Crippen LogP contribution >= 0.6 is 23.4 Å². The smallest absolute Gasteiger partial charge is 0.261 e. The first kappa shape index (κ1) is 19.6. The maximum absolute atomic E-state index is 13.6. The van der Waals surface area contributed by atoms with E-state index in [1.165, 1.54) is 17.7 Å². The van der Waals surface area contributed by atoms with E-state index in [0.717, 1.165) is 16.5 Å². The zero-order valence-corrected chi connectivity index (χ0v) is 15.6. The van der Waals surface area contributed by atoms with Crippen LogP contribution in [0.25, 0.3) is 0 Å². The number of thioether (sulfide) groups is 1. The van der Waals surface area contributed by atoms with Gasteiger partial charge in [-0.25, -0.2) is 4.39 Å². The fourth-order valence-electron chi connectivity index (χ4n) is 2.15. The normalized spacial score (nSPS) is 11.8. The van der Waals surface area contributed by atoms with Crippen molar-refractivity contribution in [3.8, 4) is 5.75 Å². The Bertz CT molecular complexity index is 681. The van der Waals surface area contributed by atoms with Crippen LogP contribution in [0, 0.1) is 5.82 Å². The maximum Gasteiger partial charge on any atom is 0.261 e. The number of nitrogens with one attached hydrogen (secondary N) is 1. The average molecular weight is 382 g/mol. The number of halogens is 2. The molecule has 0 radical (unpaired) electrons. The zero-order chi connectivity index (χ0) is 18.1. The van der Waals surface area contributed by atoms with E-state index >= 15 is 0 Å². The molecule has 0 fully saturated rings. The van der Waals surface area contributed by atoms with E-state index < -0.39 is 11.9 Å². The molecule has 0 spiro atoms. The lowest BCUT2D eigenvalue weighted by molar-refractivity contribution is -0.128. The molecule has 0 aromatic heterocycles. The molecule has 0 aliphatic rings. The molecule has 25 heavy (non-hydrogen) atoms. The number of ether oxygens (including phenoxy) is 1. The Morgan fingerprint density at radius 1 is 1.24 bits per heavy atom. The van der Waals surface area contributed by atoms with E-state index in [2.05, 4.69) is 5.32 Å². The molecule has 0 unspecified atom stereocenters. The predicted octanol–water partition coefficient (Wildman–Crippen LogP) is 4.69. The van der Waals surface area contributed by atoms with Gasteiger partial charge in [-0.15, -0.1) is 0 Å². The second kappa shape index (κ2) is 10.3. The van der Waals surface area contributed by atoms with Gasteiger partial charge in [-0.3, -0.25) is 4.79 Å². The molecule has 1 amide bonds. The summed E-state index contributed by atoms with van der Waals surface area (Å²) in [5.74, 6) is 1.05. The number of para-hydroxylation sites is 1. The lowest BCUT2D eigenvalue weighted by Crippen LogP contribution is -2.39. The van der Waals surface area contributed by atoms with Gasteiger partial charge in [-0.1, -0.05) is 42.8 Å². The fraction of sp³-hybridized carbons (Fsp3) is 0.316. The lowest BCUT2D eigenvalue weighted by atomic mass is 10.2. The molecule has 2 aromatic carbocycles. The standard InChI is InChI=1S/C19H21ClFNO2S/c1-2-17(24-18-6-4-3-5-16(18)21)19(23)22-11-12-25-13-14-7-9-15(20)10-8-14/h3-10,17H,2,11-13H2,1H3,(H,22,23)/t17-/m1/s1. The van der Waals surface area contributed by atoms with Crippen LogP contribution in [0.2, 0.25) is 5.02 Å². The third kappa shape index (κ3) is 6.59. The number of amides is 1. The van der Waals surface area contributed by atoms with Gasteiger partial charge in [0.15, 0.2) is 17.7 Å². The molecular weight excluding hydrogens is 361 g/mol. The third-order valence-corrected chi connectivity index (χ3v) is 4.78. The highest BCUT2D eigenvalue weighted by Gasteiger charge is 2.19. The number of carbonyl (C=O) groups excluding carboxylic acids is 1. The number of hydrogen-bond donors (Lipinski definition) is 1. The van der Waals surface area contributed by atoms with Gasteiger partial charge in [0, 0.05) is 23.1 Å². The van der Waals surface area contributed by atoms with Crippen molar-refractivity contribution in [1.29, 1.82) is 0 Å². The van der Waals surface area contributed by atoms with Crippen molar-refractivity contribution in [2.45, 2.75) is 25.2 Å². The van der Waals surface area contributed by atoms with E-state index in [1.807, 2.05) is 31.2 Å². The van der Waals surface area contributed by atoms with Crippen LogP contribution in [-0.4, -0.2) is 24.3 Å². The molecule has 134 valence electrons. The van der Waals surface area contributed by atoms with Crippen molar-refractivity contribution in [3.05, 3.63) is 64.9 Å². The Morgan fingerprint density at radius 2 is 1.96 bits per heavy atom. The van der Waals surface area contributed by atoms with Crippen LogP contribution in [0.3, 0.4) is 0 Å². The summed E-state index contributed by atoms with van der Waals surface area (Å²) in [6, 6.07) is 13.8. The Balaban J connectivity index is 1.71. The summed E-state index contributed by atoms with van der Waals surface area (Å²) < 4.78 is 19.1. The SMILES string of the molecule is CC[C@@H](Oc1ccccc1F)C(=O)NCCSCc1ccc(Cl)cc1. The van der Waals surface area contributed by atoms with Crippen LogP contribution in [0.1, 0.15) is 18.9 Å². The first-order chi connectivity index (χ1) is 12.1. The fourth-order valence-corrected chi connectivity index (χ4v) is 3.09. The van der Waals surface area contributed by atoms with Gasteiger partial charge in [0.25, 0.3) is 5.91 Å². The van der Waals surface area contributed by atoms with Crippen molar-refractivity contribution >= 4 is 29.3 Å². The second-order valence-electron chi connectivity index (χ2n) is 5.42. The van der Waals surface area contributed by atoms with Crippen LogP contribution in [-0.2, 0) is 10.5 Å². The van der Waals surface area contributed by atoms with E-state index in [-0.39, 0.29) is 11.7 Å². The zero-order valence-electron chi connectivity index (χ0n) is 14.0. The van der Waals surface area contributed by atoms with E-state index in [0.29, 0.717) is 13.0 Å². The molecule has 1 N–H and O–H groups in total. The van der Waals surface area contributed by atoms with Crippen molar-refractivity contribution in [3.63, 3.8) is 0 Å². The topological polar surface area (TPSA) is 38.3 Å². The van der Waals surface area contributed by atoms with Gasteiger partial charge in [0.05, 0.1) is 0 Å². The van der Waals surface area contributed by atoms with E-state index in [9.17, 15) is 9.18 Å². The molecule has 6 heteroatoms. The maximum atomic E-state index is 13.6. The van der Waals surface area contributed by atoms with Crippen molar-refractivity contribution in [1.82, 2.24) is 5.32 Å². The van der Waals surface area contributed by atoms with Crippen molar-refractivity contribution in [2.24, 2.45) is 0 Å². The van der Waals surface area contributed by atoms with Gasteiger partial charge in [-0.2, -0.15) is 11.8 Å². The molecule has 1 atom stereocenters. The lowest BCUT2D eigenvalue weighted by Gasteiger charge is -2.17. The van der Waals surface area contributed by atoms with Crippen LogP contribution in [0.15, 0.2) is 48.5 Å². The highest BCUT2D eigenvalue weighted by Crippen LogP contribution is 2.18. The molecule has 2 aromatic rings. The van der Waals surface area contributed by atoms with Crippen LogP contribution in [0.4, 0.5) is 4.39 Å². The molecule has 0 bridgehead atoms. The van der Waals surface area contributed by atoms with Crippen molar-refractivity contribution < 1.29 is 13.9 Å². The summed E-state index contributed by atoms with van der Waals surface area (Å²) in [7, 11) is 0. The molecule has 0 heterocycles. The number of benzene rings is 2. The first-order valence-electron chi connectivity index (χ1n) is 8.11. The summed E-state index contributed by atoms with van der Waals surface area (Å²) >= 11 is 7.57. The molecule has 0 aliphatic carbocycles. The first-order valence-corrected chi connectivity index (χ1v) is 9.64.